The predicted octanol–water partition coefficient (Wildman–Crippen LogP) is -0.0782. The van der Waals surface area contributed by atoms with Gasteiger partial charge in [0.1, 0.15) is 5.82 Å². The molecule has 0 atom stereocenters. The summed E-state index contributed by atoms with van der Waals surface area (Å²) < 4.78 is 21.5. The number of sulfonamides is 1. The Bertz CT molecular complexity index is 530. The fourth-order valence-corrected chi connectivity index (χ4v) is 1.76. The minimum atomic E-state index is -3.57. The van der Waals surface area contributed by atoms with Crippen LogP contribution in [0.15, 0.2) is 18.3 Å². The van der Waals surface area contributed by atoms with Gasteiger partial charge in [-0.1, -0.05) is 6.92 Å². The van der Waals surface area contributed by atoms with Gasteiger partial charge in [0.15, 0.2) is 0 Å². The lowest BCUT2D eigenvalue weighted by Gasteiger charge is -2.10. The van der Waals surface area contributed by atoms with Crippen LogP contribution in [-0.4, -0.2) is 38.2 Å². The molecule has 1 amide bonds. The molecule has 0 fully saturated rings. The van der Waals surface area contributed by atoms with Crippen LogP contribution >= 0.6 is 0 Å². The standard InChI is InChI=1S/C11H18N4O3S/c1-2-5-13-10-9(4-3-6-14-10)11(16)15-7-8-19(12,17)18/h3-4,6H,2,5,7-8H2,1H3,(H,13,14)(H,15,16)(H2,12,17,18). The largest absolute Gasteiger partial charge is 0.369 e. The highest BCUT2D eigenvalue weighted by molar-refractivity contribution is 7.89. The maximum Gasteiger partial charge on any atom is 0.255 e. The zero-order chi connectivity index (χ0) is 14.3. The first-order valence-corrected chi connectivity index (χ1v) is 7.63. The summed E-state index contributed by atoms with van der Waals surface area (Å²) in [4.78, 5) is 16.0. The molecular formula is C11H18N4O3S. The molecule has 1 rings (SSSR count). The lowest BCUT2D eigenvalue weighted by atomic mass is 10.2. The molecule has 0 saturated heterocycles. The Morgan fingerprint density at radius 3 is 2.79 bits per heavy atom. The molecule has 7 nitrogen and oxygen atoms in total. The van der Waals surface area contributed by atoms with Crippen molar-refractivity contribution in [1.29, 1.82) is 0 Å². The third-order valence-electron chi connectivity index (χ3n) is 2.27. The third kappa shape index (κ3) is 5.66. The lowest BCUT2D eigenvalue weighted by Crippen LogP contribution is -2.32. The number of nitrogens with one attached hydrogen (secondary N) is 2. The van der Waals surface area contributed by atoms with Crippen molar-refractivity contribution in [3.05, 3.63) is 23.9 Å². The summed E-state index contributed by atoms with van der Waals surface area (Å²) in [5.74, 6) is -0.190. The van der Waals surface area contributed by atoms with Crippen molar-refractivity contribution in [3.63, 3.8) is 0 Å². The molecule has 1 aromatic heterocycles. The molecule has 1 heterocycles. The summed E-state index contributed by atoms with van der Waals surface area (Å²) in [5, 5.41) is 10.4. The van der Waals surface area contributed by atoms with E-state index in [-0.39, 0.29) is 18.2 Å². The van der Waals surface area contributed by atoms with Crippen molar-refractivity contribution >= 4 is 21.7 Å². The van der Waals surface area contributed by atoms with E-state index >= 15 is 0 Å². The fraction of sp³-hybridized carbons (Fsp3) is 0.455. The van der Waals surface area contributed by atoms with Crippen LogP contribution in [0.25, 0.3) is 0 Å². The van der Waals surface area contributed by atoms with Gasteiger partial charge in [-0.2, -0.15) is 0 Å². The minimum absolute atomic E-state index is 0.0280. The number of hydrogen-bond donors (Lipinski definition) is 3. The van der Waals surface area contributed by atoms with Crippen LogP contribution < -0.4 is 15.8 Å². The van der Waals surface area contributed by atoms with Gasteiger partial charge in [-0.25, -0.2) is 18.5 Å². The summed E-state index contributed by atoms with van der Waals surface area (Å²) in [6.45, 7) is 2.68. The maximum atomic E-state index is 11.9. The first kappa shape index (κ1) is 15.4. The van der Waals surface area contributed by atoms with E-state index in [2.05, 4.69) is 15.6 Å². The second-order valence-corrected chi connectivity index (χ2v) is 5.68. The maximum absolute atomic E-state index is 11.9. The average molecular weight is 286 g/mol. The Kier molecular flexibility index (Phi) is 5.71. The molecule has 1 aromatic rings. The van der Waals surface area contributed by atoms with Gasteiger partial charge in [0.05, 0.1) is 11.3 Å². The SMILES string of the molecule is CCCNc1ncccc1C(=O)NCCS(N)(=O)=O. The molecule has 0 unspecified atom stereocenters. The summed E-state index contributed by atoms with van der Waals surface area (Å²) in [7, 11) is -3.57. The van der Waals surface area contributed by atoms with E-state index < -0.39 is 10.0 Å². The molecule has 0 bridgehead atoms. The van der Waals surface area contributed by atoms with Gasteiger partial charge in [-0.15, -0.1) is 0 Å². The zero-order valence-corrected chi connectivity index (χ0v) is 11.5. The highest BCUT2D eigenvalue weighted by Crippen LogP contribution is 2.10. The minimum Gasteiger partial charge on any atom is -0.369 e. The summed E-state index contributed by atoms with van der Waals surface area (Å²) in [6, 6.07) is 3.27. The van der Waals surface area contributed by atoms with Crippen molar-refractivity contribution in [2.45, 2.75) is 13.3 Å². The Labute approximate surface area is 112 Å². The Morgan fingerprint density at radius 1 is 1.42 bits per heavy atom. The van der Waals surface area contributed by atoms with Gasteiger partial charge in [-0.05, 0) is 18.6 Å². The van der Waals surface area contributed by atoms with E-state index in [9.17, 15) is 13.2 Å². The number of anilines is 1. The number of aromatic nitrogens is 1. The van der Waals surface area contributed by atoms with E-state index in [4.69, 9.17) is 5.14 Å². The predicted molar refractivity (Wildman–Crippen MR) is 73.3 cm³/mol. The van der Waals surface area contributed by atoms with Crippen LogP contribution in [-0.2, 0) is 10.0 Å². The fourth-order valence-electron chi connectivity index (χ4n) is 1.37. The van der Waals surface area contributed by atoms with E-state index in [0.29, 0.717) is 17.9 Å². The molecule has 0 aliphatic heterocycles. The van der Waals surface area contributed by atoms with E-state index in [1.54, 1.807) is 18.3 Å². The molecule has 0 aliphatic rings. The van der Waals surface area contributed by atoms with Crippen molar-refractivity contribution < 1.29 is 13.2 Å². The first-order valence-electron chi connectivity index (χ1n) is 5.91. The van der Waals surface area contributed by atoms with Gasteiger partial charge in [0.25, 0.3) is 5.91 Å². The van der Waals surface area contributed by atoms with Crippen molar-refractivity contribution in [2.75, 3.05) is 24.2 Å². The molecule has 0 radical (unpaired) electrons. The number of rotatable bonds is 7. The lowest BCUT2D eigenvalue weighted by molar-refractivity contribution is 0.0956. The van der Waals surface area contributed by atoms with Crippen LogP contribution in [0.4, 0.5) is 5.82 Å². The molecule has 106 valence electrons. The monoisotopic (exact) mass is 286 g/mol. The molecular weight excluding hydrogens is 268 g/mol. The van der Waals surface area contributed by atoms with Crippen molar-refractivity contribution in [3.8, 4) is 0 Å². The topological polar surface area (TPSA) is 114 Å². The van der Waals surface area contributed by atoms with Crippen molar-refractivity contribution in [2.24, 2.45) is 5.14 Å². The van der Waals surface area contributed by atoms with E-state index in [1.165, 1.54) is 0 Å². The number of hydrogen-bond acceptors (Lipinski definition) is 5. The first-order chi connectivity index (χ1) is 8.94. The van der Waals surface area contributed by atoms with Crippen LogP contribution in [0.5, 0.6) is 0 Å². The highest BCUT2D eigenvalue weighted by atomic mass is 32.2. The van der Waals surface area contributed by atoms with Crippen LogP contribution in [0.3, 0.4) is 0 Å². The zero-order valence-electron chi connectivity index (χ0n) is 10.7. The van der Waals surface area contributed by atoms with Gasteiger partial charge in [-0.3, -0.25) is 4.79 Å². The second kappa shape index (κ2) is 7.05. The number of carbonyl (C=O) groups excluding carboxylic acids is 1. The smallest absolute Gasteiger partial charge is 0.255 e. The molecule has 0 aromatic carbocycles. The molecule has 19 heavy (non-hydrogen) atoms. The number of amides is 1. The van der Waals surface area contributed by atoms with Gasteiger partial charge in [0, 0.05) is 19.3 Å². The van der Waals surface area contributed by atoms with Gasteiger partial charge >= 0.3 is 0 Å². The van der Waals surface area contributed by atoms with E-state index in [0.717, 1.165) is 6.42 Å². The molecule has 0 spiro atoms. The molecule has 4 N–H and O–H groups in total. The number of nitrogens with two attached hydrogens (primary N) is 1. The number of nitrogens with zero attached hydrogens (tertiary/aromatic N) is 1. The summed E-state index contributed by atoms with van der Waals surface area (Å²) in [6.07, 6.45) is 2.49. The van der Waals surface area contributed by atoms with E-state index in [1.807, 2.05) is 6.92 Å². The average Bonchev–Trinajstić information content (AvgIpc) is 2.35. The number of primary sulfonamides is 1. The van der Waals surface area contributed by atoms with Crippen LogP contribution in [0, 0.1) is 0 Å². The summed E-state index contributed by atoms with van der Waals surface area (Å²) in [5.41, 5.74) is 0.380. The van der Waals surface area contributed by atoms with Gasteiger partial charge in [0.2, 0.25) is 10.0 Å². The number of carbonyl (C=O) groups is 1. The number of pyridine rings is 1. The third-order valence-corrected chi connectivity index (χ3v) is 3.04. The molecule has 8 heteroatoms. The normalized spacial score (nSPS) is 11.1. The summed E-state index contributed by atoms with van der Waals surface area (Å²) >= 11 is 0. The molecule has 0 saturated carbocycles. The Hall–Kier alpha value is -1.67. The Morgan fingerprint density at radius 2 is 2.16 bits per heavy atom. The second-order valence-electron chi connectivity index (χ2n) is 3.95. The quantitative estimate of drug-likeness (QED) is 0.648. The van der Waals surface area contributed by atoms with Crippen molar-refractivity contribution in [1.82, 2.24) is 10.3 Å². The molecule has 0 aliphatic carbocycles. The highest BCUT2D eigenvalue weighted by Gasteiger charge is 2.12. The van der Waals surface area contributed by atoms with Crippen LogP contribution in [0.1, 0.15) is 23.7 Å². The van der Waals surface area contributed by atoms with Gasteiger partial charge < -0.3 is 10.6 Å². The van der Waals surface area contributed by atoms with Crippen LogP contribution in [0.2, 0.25) is 0 Å². The Balaban J connectivity index is 2.65.